The van der Waals surface area contributed by atoms with Crippen molar-refractivity contribution in [3.63, 3.8) is 0 Å². The molecule has 3 aromatic carbocycles. The molecule has 204 valence electrons. The Morgan fingerprint density at radius 1 is 0.950 bits per heavy atom. The standard InChI is InChI=1S/C35H37N3O2/c1-23-19-24(2)36-34-32(23)29-17-8-9-18-31(29)38(34)21-25-11-10-16-28(20-25)33(27-14-6-7-15-27)35(40)37-30(22-39)26-12-4-3-5-13-26/h3-5,8-13,16-20,27,30,33,39H,6-7,14-15,21-22H2,1-2H3,(H,37,40)/t30-,33-/m1/s1. The number of fused-ring (bicyclic) bond motifs is 3. The number of aliphatic hydroxyl groups is 1. The molecule has 1 aliphatic carbocycles. The highest BCUT2D eigenvalue weighted by Crippen LogP contribution is 2.39. The molecule has 0 spiro atoms. The lowest BCUT2D eigenvalue weighted by molar-refractivity contribution is -0.124. The molecule has 0 bridgehead atoms. The largest absolute Gasteiger partial charge is 0.394 e. The van der Waals surface area contributed by atoms with Gasteiger partial charge in [-0.15, -0.1) is 0 Å². The molecule has 40 heavy (non-hydrogen) atoms. The molecule has 1 saturated carbocycles. The monoisotopic (exact) mass is 531 g/mol. The minimum Gasteiger partial charge on any atom is -0.394 e. The molecular weight excluding hydrogens is 494 g/mol. The molecule has 1 amide bonds. The zero-order chi connectivity index (χ0) is 27.6. The number of benzene rings is 3. The maximum atomic E-state index is 13.9. The van der Waals surface area contributed by atoms with E-state index in [1.807, 2.05) is 30.3 Å². The maximum Gasteiger partial charge on any atom is 0.228 e. The van der Waals surface area contributed by atoms with Crippen LogP contribution in [0.5, 0.6) is 0 Å². The van der Waals surface area contributed by atoms with Gasteiger partial charge >= 0.3 is 0 Å². The molecule has 2 aromatic heterocycles. The first-order valence-corrected chi connectivity index (χ1v) is 14.4. The number of carbonyl (C=O) groups is 1. The summed E-state index contributed by atoms with van der Waals surface area (Å²) < 4.78 is 2.31. The van der Waals surface area contributed by atoms with E-state index in [2.05, 4.69) is 78.3 Å². The number of aryl methyl sites for hydroxylation is 2. The summed E-state index contributed by atoms with van der Waals surface area (Å²) in [5.41, 5.74) is 7.54. The Balaban J connectivity index is 1.36. The van der Waals surface area contributed by atoms with Crippen LogP contribution >= 0.6 is 0 Å². The topological polar surface area (TPSA) is 67.2 Å². The summed E-state index contributed by atoms with van der Waals surface area (Å²) in [7, 11) is 0. The number of pyridine rings is 1. The number of aromatic nitrogens is 2. The van der Waals surface area contributed by atoms with E-state index in [0.29, 0.717) is 12.5 Å². The predicted octanol–water partition coefficient (Wildman–Crippen LogP) is 6.98. The normalized spacial score (nSPS) is 15.5. The number of amides is 1. The summed E-state index contributed by atoms with van der Waals surface area (Å²) in [5.74, 6) is 0.0447. The number of rotatable bonds is 8. The van der Waals surface area contributed by atoms with Gasteiger partial charge in [-0.2, -0.15) is 0 Å². The van der Waals surface area contributed by atoms with E-state index in [-0.39, 0.29) is 18.4 Å². The van der Waals surface area contributed by atoms with Gasteiger partial charge in [-0.05, 0) is 67.0 Å². The molecule has 2 N–H and O–H groups in total. The number of hydrogen-bond acceptors (Lipinski definition) is 3. The summed E-state index contributed by atoms with van der Waals surface area (Å²) in [5, 5.41) is 15.7. The van der Waals surface area contributed by atoms with Crippen molar-refractivity contribution in [2.75, 3.05) is 6.61 Å². The van der Waals surface area contributed by atoms with Crippen LogP contribution in [0.25, 0.3) is 21.9 Å². The van der Waals surface area contributed by atoms with Gasteiger partial charge in [0.15, 0.2) is 0 Å². The Bertz CT molecular complexity index is 1650. The van der Waals surface area contributed by atoms with Gasteiger partial charge in [0.1, 0.15) is 5.65 Å². The SMILES string of the molecule is Cc1cc(C)c2c3ccccc3n(Cc3cccc([C@H](C(=O)N[C@H](CO)c4ccccc4)C4CCCC4)c3)c2n1. The van der Waals surface area contributed by atoms with Crippen LogP contribution < -0.4 is 5.32 Å². The first-order valence-electron chi connectivity index (χ1n) is 14.4. The van der Waals surface area contributed by atoms with Crippen molar-refractivity contribution in [2.45, 2.75) is 58.0 Å². The number of hydrogen-bond donors (Lipinski definition) is 2. The van der Waals surface area contributed by atoms with Crippen LogP contribution in [0.3, 0.4) is 0 Å². The number of nitrogens with one attached hydrogen (secondary N) is 1. The summed E-state index contributed by atoms with van der Waals surface area (Å²) in [6.07, 6.45) is 4.41. The predicted molar refractivity (Wildman–Crippen MR) is 161 cm³/mol. The van der Waals surface area contributed by atoms with E-state index in [1.54, 1.807) is 0 Å². The summed E-state index contributed by atoms with van der Waals surface area (Å²) >= 11 is 0. The van der Waals surface area contributed by atoms with Crippen molar-refractivity contribution in [1.82, 2.24) is 14.9 Å². The zero-order valence-corrected chi connectivity index (χ0v) is 23.3. The van der Waals surface area contributed by atoms with Gasteiger partial charge in [0.2, 0.25) is 5.91 Å². The van der Waals surface area contributed by atoms with Crippen LogP contribution in [0.2, 0.25) is 0 Å². The zero-order valence-electron chi connectivity index (χ0n) is 23.3. The van der Waals surface area contributed by atoms with E-state index in [4.69, 9.17) is 4.98 Å². The first kappa shape index (κ1) is 26.3. The molecule has 0 aliphatic heterocycles. The third kappa shape index (κ3) is 5.02. The second kappa shape index (κ2) is 11.3. The van der Waals surface area contributed by atoms with Crippen molar-refractivity contribution in [3.05, 3.63) is 113 Å². The lowest BCUT2D eigenvalue weighted by atomic mass is 9.83. The average molecular weight is 532 g/mol. The number of nitrogens with zero attached hydrogens (tertiary/aromatic N) is 2. The van der Waals surface area contributed by atoms with Gasteiger partial charge in [-0.3, -0.25) is 4.79 Å². The maximum absolute atomic E-state index is 13.9. The molecule has 0 unspecified atom stereocenters. The van der Waals surface area contributed by atoms with E-state index < -0.39 is 6.04 Å². The quantitative estimate of drug-likeness (QED) is 0.227. The molecular formula is C35H37N3O2. The molecule has 1 fully saturated rings. The Morgan fingerprint density at radius 3 is 2.45 bits per heavy atom. The third-order valence-electron chi connectivity index (χ3n) is 8.55. The fraction of sp³-hybridized carbons (Fsp3) is 0.314. The Labute approximate surface area is 235 Å². The van der Waals surface area contributed by atoms with E-state index in [0.717, 1.165) is 53.7 Å². The van der Waals surface area contributed by atoms with Gasteiger partial charge in [-0.25, -0.2) is 4.98 Å². The van der Waals surface area contributed by atoms with Crippen molar-refractivity contribution in [2.24, 2.45) is 5.92 Å². The van der Waals surface area contributed by atoms with Crippen LogP contribution in [0.1, 0.15) is 65.6 Å². The van der Waals surface area contributed by atoms with Crippen LogP contribution in [-0.2, 0) is 11.3 Å². The van der Waals surface area contributed by atoms with E-state index >= 15 is 0 Å². The lowest BCUT2D eigenvalue weighted by Gasteiger charge is -2.26. The Kier molecular flexibility index (Phi) is 7.40. The highest BCUT2D eigenvalue weighted by molar-refractivity contribution is 6.08. The minimum atomic E-state index is -0.420. The molecule has 6 rings (SSSR count). The Morgan fingerprint density at radius 2 is 1.68 bits per heavy atom. The van der Waals surface area contributed by atoms with Gasteiger partial charge in [0, 0.05) is 23.0 Å². The fourth-order valence-electron chi connectivity index (χ4n) is 6.72. The van der Waals surface area contributed by atoms with Crippen molar-refractivity contribution in [1.29, 1.82) is 0 Å². The minimum absolute atomic E-state index is 0.00302. The molecule has 5 nitrogen and oxygen atoms in total. The van der Waals surface area contributed by atoms with Crippen molar-refractivity contribution in [3.8, 4) is 0 Å². The number of para-hydroxylation sites is 1. The van der Waals surface area contributed by atoms with Crippen LogP contribution in [0.4, 0.5) is 0 Å². The number of carbonyl (C=O) groups excluding carboxylic acids is 1. The van der Waals surface area contributed by atoms with Crippen LogP contribution in [0, 0.1) is 19.8 Å². The number of aliphatic hydroxyl groups excluding tert-OH is 1. The van der Waals surface area contributed by atoms with Crippen LogP contribution in [-0.4, -0.2) is 27.2 Å². The van der Waals surface area contributed by atoms with Crippen molar-refractivity contribution < 1.29 is 9.90 Å². The van der Waals surface area contributed by atoms with Crippen molar-refractivity contribution >= 4 is 27.8 Å². The Hall–Kier alpha value is -3.96. The first-order chi connectivity index (χ1) is 19.5. The van der Waals surface area contributed by atoms with Crippen LogP contribution in [0.15, 0.2) is 84.9 Å². The third-order valence-corrected chi connectivity index (χ3v) is 8.55. The molecule has 5 heteroatoms. The van der Waals surface area contributed by atoms with Gasteiger partial charge in [-0.1, -0.05) is 85.6 Å². The molecule has 2 atom stereocenters. The molecule has 5 aromatic rings. The second-order valence-corrected chi connectivity index (χ2v) is 11.3. The summed E-state index contributed by atoms with van der Waals surface area (Å²) in [4.78, 5) is 18.9. The van der Waals surface area contributed by atoms with E-state index in [9.17, 15) is 9.90 Å². The molecule has 0 radical (unpaired) electrons. The van der Waals surface area contributed by atoms with Gasteiger partial charge in [0.25, 0.3) is 0 Å². The molecule has 1 aliphatic rings. The highest BCUT2D eigenvalue weighted by Gasteiger charge is 2.33. The lowest BCUT2D eigenvalue weighted by Crippen LogP contribution is -2.37. The van der Waals surface area contributed by atoms with E-state index in [1.165, 1.54) is 21.9 Å². The summed E-state index contributed by atoms with van der Waals surface area (Å²) in [6.45, 7) is 4.76. The highest BCUT2D eigenvalue weighted by atomic mass is 16.3. The molecule has 0 saturated heterocycles. The fourth-order valence-corrected chi connectivity index (χ4v) is 6.72. The molecule has 2 heterocycles. The summed E-state index contributed by atoms with van der Waals surface area (Å²) in [6, 6.07) is 28.5. The average Bonchev–Trinajstić information content (AvgIpc) is 3.60. The smallest absolute Gasteiger partial charge is 0.228 e. The van der Waals surface area contributed by atoms with Gasteiger partial charge in [0.05, 0.1) is 24.1 Å². The van der Waals surface area contributed by atoms with Gasteiger partial charge < -0.3 is 15.0 Å². The second-order valence-electron chi connectivity index (χ2n) is 11.3.